The lowest BCUT2D eigenvalue weighted by atomic mass is 10.2. The van der Waals surface area contributed by atoms with Gasteiger partial charge in [0.25, 0.3) is 0 Å². The Balaban J connectivity index is 2.33. The number of nitrogens with zero attached hydrogens (tertiary/aromatic N) is 1. The Morgan fingerprint density at radius 3 is 2.92 bits per heavy atom. The van der Waals surface area contributed by atoms with Crippen LogP contribution >= 0.6 is 0 Å². The van der Waals surface area contributed by atoms with Crippen LogP contribution in [0.3, 0.4) is 0 Å². The topological polar surface area (TPSA) is 24.4 Å². The molecule has 2 rings (SSSR count). The van der Waals surface area contributed by atoms with Crippen molar-refractivity contribution in [3.63, 3.8) is 0 Å². The van der Waals surface area contributed by atoms with Gasteiger partial charge in [0.15, 0.2) is 0 Å². The number of rotatable bonds is 1. The van der Waals surface area contributed by atoms with Crippen LogP contribution < -0.4 is 5.32 Å². The molecule has 1 N–H and O–H groups in total. The van der Waals surface area contributed by atoms with E-state index < -0.39 is 0 Å². The largest absolute Gasteiger partial charge is 0.287 e. The standard InChI is InChI=1S/C9H9FN2/c10-8-4-2-1-3-7(8)9-11-5-6-12-9/h1-5,9,12H,6H2. The molecule has 3 heteroatoms. The van der Waals surface area contributed by atoms with Crippen LogP contribution in [0.25, 0.3) is 0 Å². The summed E-state index contributed by atoms with van der Waals surface area (Å²) in [4.78, 5) is 4.09. The monoisotopic (exact) mass is 164 g/mol. The molecular formula is C9H9FN2. The molecule has 1 aromatic carbocycles. The summed E-state index contributed by atoms with van der Waals surface area (Å²) >= 11 is 0. The zero-order valence-electron chi connectivity index (χ0n) is 6.50. The molecule has 12 heavy (non-hydrogen) atoms. The minimum atomic E-state index is -0.200. The fourth-order valence-corrected chi connectivity index (χ4v) is 1.26. The Hall–Kier alpha value is -1.22. The highest BCUT2D eigenvalue weighted by Gasteiger charge is 2.14. The number of benzene rings is 1. The van der Waals surface area contributed by atoms with E-state index in [1.807, 2.05) is 6.07 Å². The number of nitrogens with one attached hydrogen (secondary N) is 1. The number of halogens is 1. The Labute approximate surface area is 70.1 Å². The van der Waals surface area contributed by atoms with E-state index in [0.717, 1.165) is 6.54 Å². The van der Waals surface area contributed by atoms with Crippen molar-refractivity contribution in [3.05, 3.63) is 35.6 Å². The van der Waals surface area contributed by atoms with Gasteiger partial charge in [0, 0.05) is 18.3 Å². The maximum Gasteiger partial charge on any atom is 0.129 e. The third-order valence-electron chi connectivity index (χ3n) is 1.86. The Morgan fingerprint density at radius 2 is 2.25 bits per heavy atom. The fourth-order valence-electron chi connectivity index (χ4n) is 1.26. The average molecular weight is 164 g/mol. The maximum atomic E-state index is 13.1. The normalized spacial score (nSPS) is 21.6. The van der Waals surface area contributed by atoms with Gasteiger partial charge in [-0.3, -0.25) is 10.3 Å². The predicted octanol–water partition coefficient (Wildman–Crippen LogP) is 1.50. The molecule has 0 spiro atoms. The zero-order valence-corrected chi connectivity index (χ0v) is 6.50. The first-order chi connectivity index (χ1) is 5.88. The van der Waals surface area contributed by atoms with E-state index in [-0.39, 0.29) is 12.0 Å². The van der Waals surface area contributed by atoms with Crippen LogP contribution in [-0.4, -0.2) is 12.8 Å². The molecule has 0 saturated carbocycles. The molecule has 2 nitrogen and oxygen atoms in total. The van der Waals surface area contributed by atoms with Crippen molar-refractivity contribution in [3.8, 4) is 0 Å². The molecule has 1 aromatic rings. The lowest BCUT2D eigenvalue weighted by molar-refractivity contribution is 0.558. The zero-order chi connectivity index (χ0) is 8.39. The molecule has 62 valence electrons. The van der Waals surface area contributed by atoms with Gasteiger partial charge in [0.1, 0.15) is 12.0 Å². The molecule has 1 aliphatic heterocycles. The van der Waals surface area contributed by atoms with E-state index in [1.165, 1.54) is 6.07 Å². The molecule has 1 aliphatic rings. The summed E-state index contributed by atoms with van der Waals surface area (Å²) in [5.41, 5.74) is 0.617. The summed E-state index contributed by atoms with van der Waals surface area (Å²) in [6.45, 7) is 0.721. The lowest BCUT2D eigenvalue weighted by Gasteiger charge is -2.08. The third-order valence-corrected chi connectivity index (χ3v) is 1.86. The smallest absolute Gasteiger partial charge is 0.129 e. The van der Waals surface area contributed by atoms with Crippen molar-refractivity contribution in [2.24, 2.45) is 4.99 Å². The van der Waals surface area contributed by atoms with Crippen molar-refractivity contribution in [2.75, 3.05) is 6.54 Å². The van der Waals surface area contributed by atoms with E-state index in [1.54, 1.807) is 18.3 Å². The molecule has 0 radical (unpaired) electrons. The van der Waals surface area contributed by atoms with E-state index in [4.69, 9.17) is 0 Å². The molecule has 0 aliphatic carbocycles. The van der Waals surface area contributed by atoms with Crippen LogP contribution in [0.1, 0.15) is 11.7 Å². The van der Waals surface area contributed by atoms with Crippen LogP contribution in [0.15, 0.2) is 29.3 Å². The molecule has 0 bridgehead atoms. The molecule has 0 fully saturated rings. The Bertz CT molecular complexity index is 309. The molecular weight excluding hydrogens is 155 g/mol. The summed E-state index contributed by atoms with van der Waals surface area (Å²) in [5, 5.41) is 3.05. The molecule has 1 atom stereocenters. The summed E-state index contributed by atoms with van der Waals surface area (Å²) < 4.78 is 13.1. The van der Waals surface area contributed by atoms with Gasteiger partial charge in [0.05, 0.1) is 0 Å². The highest BCUT2D eigenvalue weighted by atomic mass is 19.1. The lowest BCUT2D eigenvalue weighted by Crippen LogP contribution is -2.15. The average Bonchev–Trinajstić information content (AvgIpc) is 2.57. The maximum absolute atomic E-state index is 13.1. The minimum Gasteiger partial charge on any atom is -0.287 e. The number of hydrogen-bond donors (Lipinski definition) is 1. The van der Waals surface area contributed by atoms with Crippen molar-refractivity contribution in [1.29, 1.82) is 0 Å². The highest BCUT2D eigenvalue weighted by Crippen LogP contribution is 2.18. The second kappa shape index (κ2) is 3.03. The molecule has 0 saturated heterocycles. The SMILES string of the molecule is Fc1ccccc1C1N=CCN1. The van der Waals surface area contributed by atoms with Gasteiger partial charge in [-0.2, -0.15) is 0 Å². The van der Waals surface area contributed by atoms with Crippen LogP contribution in [0.4, 0.5) is 4.39 Å². The number of hydrogen-bond acceptors (Lipinski definition) is 2. The Kier molecular flexibility index (Phi) is 1.87. The van der Waals surface area contributed by atoms with Crippen molar-refractivity contribution in [2.45, 2.75) is 6.17 Å². The molecule has 0 amide bonds. The minimum absolute atomic E-state index is 0.189. The van der Waals surface area contributed by atoms with Crippen LogP contribution in [0.5, 0.6) is 0 Å². The van der Waals surface area contributed by atoms with Crippen molar-refractivity contribution < 1.29 is 4.39 Å². The van der Waals surface area contributed by atoms with Gasteiger partial charge in [0.2, 0.25) is 0 Å². The molecule has 0 aromatic heterocycles. The van der Waals surface area contributed by atoms with E-state index >= 15 is 0 Å². The fraction of sp³-hybridized carbons (Fsp3) is 0.222. The van der Waals surface area contributed by atoms with Gasteiger partial charge in [-0.15, -0.1) is 0 Å². The summed E-state index contributed by atoms with van der Waals surface area (Å²) in [5.74, 6) is -0.200. The predicted molar refractivity (Wildman–Crippen MR) is 45.6 cm³/mol. The first-order valence-corrected chi connectivity index (χ1v) is 3.87. The quantitative estimate of drug-likeness (QED) is 0.668. The first-order valence-electron chi connectivity index (χ1n) is 3.87. The Morgan fingerprint density at radius 1 is 1.42 bits per heavy atom. The highest BCUT2D eigenvalue weighted by molar-refractivity contribution is 5.62. The van der Waals surface area contributed by atoms with Gasteiger partial charge in [-0.25, -0.2) is 4.39 Å². The summed E-state index contributed by atoms with van der Waals surface area (Å²) in [7, 11) is 0. The molecule has 1 heterocycles. The van der Waals surface area contributed by atoms with E-state index in [0.29, 0.717) is 5.56 Å². The number of aliphatic imine (C=N–C) groups is 1. The van der Waals surface area contributed by atoms with Crippen LogP contribution in [-0.2, 0) is 0 Å². The van der Waals surface area contributed by atoms with Crippen molar-refractivity contribution >= 4 is 6.21 Å². The summed E-state index contributed by atoms with van der Waals surface area (Å²) in [6, 6.07) is 6.69. The van der Waals surface area contributed by atoms with Gasteiger partial charge in [-0.05, 0) is 6.07 Å². The van der Waals surface area contributed by atoms with Gasteiger partial charge in [-0.1, -0.05) is 18.2 Å². The van der Waals surface area contributed by atoms with E-state index in [2.05, 4.69) is 10.3 Å². The van der Waals surface area contributed by atoms with Crippen LogP contribution in [0, 0.1) is 5.82 Å². The van der Waals surface area contributed by atoms with Crippen LogP contribution in [0.2, 0.25) is 0 Å². The summed E-state index contributed by atoms with van der Waals surface area (Å²) in [6.07, 6.45) is 1.57. The second-order valence-electron chi connectivity index (χ2n) is 2.66. The third kappa shape index (κ3) is 1.23. The van der Waals surface area contributed by atoms with Gasteiger partial charge >= 0.3 is 0 Å². The van der Waals surface area contributed by atoms with Crippen molar-refractivity contribution in [1.82, 2.24) is 5.32 Å². The first kappa shape index (κ1) is 7.43. The molecule has 1 unspecified atom stereocenters. The second-order valence-corrected chi connectivity index (χ2v) is 2.66. The van der Waals surface area contributed by atoms with Gasteiger partial charge < -0.3 is 0 Å². The van der Waals surface area contributed by atoms with E-state index in [9.17, 15) is 4.39 Å².